The third kappa shape index (κ3) is 3.84. The molecule has 8 heteroatoms. The lowest BCUT2D eigenvalue weighted by molar-refractivity contribution is 0.103. The molecule has 122 valence electrons. The van der Waals surface area contributed by atoms with Crippen LogP contribution in [0.15, 0.2) is 52.3 Å². The molecule has 1 unspecified atom stereocenters. The molecule has 2 rings (SSSR count). The van der Waals surface area contributed by atoms with E-state index in [2.05, 4.69) is 0 Å². The number of nitrogens with two attached hydrogens (primary N) is 1. The van der Waals surface area contributed by atoms with Crippen LogP contribution in [0.1, 0.15) is 15.9 Å². The lowest BCUT2D eigenvalue weighted by Crippen LogP contribution is -2.16. The van der Waals surface area contributed by atoms with Gasteiger partial charge in [-0.3, -0.25) is 9.00 Å². The lowest BCUT2D eigenvalue weighted by atomic mass is 10.0. The van der Waals surface area contributed by atoms with Gasteiger partial charge in [-0.05, 0) is 42.5 Å². The lowest BCUT2D eigenvalue weighted by Gasteiger charge is -2.08. The molecule has 1 atom stereocenters. The van der Waals surface area contributed by atoms with Crippen molar-refractivity contribution in [1.82, 2.24) is 0 Å². The van der Waals surface area contributed by atoms with Crippen LogP contribution in [0.2, 0.25) is 0 Å². The summed E-state index contributed by atoms with van der Waals surface area (Å²) < 4.78 is 40.0. The second-order valence-electron chi connectivity index (χ2n) is 4.72. The highest BCUT2D eigenvalue weighted by atomic mass is 32.2. The fraction of sp³-hybridized carbons (Fsp3) is 0.133. The Balaban J connectivity index is 2.51. The van der Waals surface area contributed by atoms with Gasteiger partial charge < -0.3 is 4.74 Å². The molecule has 0 aliphatic rings. The van der Waals surface area contributed by atoms with Crippen LogP contribution in [0.4, 0.5) is 0 Å². The van der Waals surface area contributed by atoms with E-state index >= 15 is 0 Å². The molecule has 0 saturated carbocycles. The van der Waals surface area contributed by atoms with Crippen molar-refractivity contribution in [2.45, 2.75) is 9.79 Å². The van der Waals surface area contributed by atoms with Crippen molar-refractivity contribution in [3.63, 3.8) is 0 Å². The van der Waals surface area contributed by atoms with Gasteiger partial charge in [0.15, 0.2) is 5.78 Å². The maximum atomic E-state index is 12.5. The van der Waals surface area contributed by atoms with Crippen molar-refractivity contribution in [3.05, 3.63) is 53.6 Å². The number of ketones is 1. The van der Waals surface area contributed by atoms with Gasteiger partial charge in [-0.25, -0.2) is 13.6 Å². The van der Waals surface area contributed by atoms with Crippen molar-refractivity contribution >= 4 is 26.6 Å². The summed E-state index contributed by atoms with van der Waals surface area (Å²) in [6.07, 6.45) is 1.34. The first-order valence-corrected chi connectivity index (χ1v) is 9.53. The summed E-state index contributed by atoms with van der Waals surface area (Å²) in [6, 6.07) is 10.3. The van der Waals surface area contributed by atoms with Crippen LogP contribution in [0, 0.1) is 0 Å². The molecule has 0 spiro atoms. The number of ether oxygens (including phenoxy) is 1. The highest BCUT2D eigenvalue weighted by Crippen LogP contribution is 2.22. The van der Waals surface area contributed by atoms with E-state index in [0.717, 1.165) is 6.07 Å². The average Bonchev–Trinajstić information content (AvgIpc) is 2.52. The minimum absolute atomic E-state index is 0.0683. The van der Waals surface area contributed by atoms with Gasteiger partial charge >= 0.3 is 0 Å². The molecule has 0 aromatic heterocycles. The standard InChI is InChI=1S/C15H15NO5S2/c1-21-12-6-3-10(4-7-12)15(17)11-5-8-13(22(2)18)14(9-11)23(16,19)20/h3-9H,1-2H3,(H2,16,19,20). The molecular weight excluding hydrogens is 338 g/mol. The molecule has 0 aliphatic carbocycles. The zero-order valence-corrected chi connectivity index (χ0v) is 14.1. The third-order valence-corrected chi connectivity index (χ3v) is 5.23. The highest BCUT2D eigenvalue weighted by molar-refractivity contribution is 7.90. The normalized spacial score (nSPS) is 12.7. The number of hydrogen-bond donors (Lipinski definition) is 1. The molecule has 0 saturated heterocycles. The minimum atomic E-state index is -4.09. The van der Waals surface area contributed by atoms with Crippen molar-refractivity contribution < 1.29 is 22.2 Å². The van der Waals surface area contributed by atoms with E-state index in [-0.39, 0.29) is 21.1 Å². The van der Waals surface area contributed by atoms with Gasteiger partial charge in [0, 0.05) is 17.4 Å². The summed E-state index contributed by atoms with van der Waals surface area (Å²) in [5.41, 5.74) is 0.518. The van der Waals surface area contributed by atoms with E-state index in [4.69, 9.17) is 9.88 Å². The molecule has 0 amide bonds. The van der Waals surface area contributed by atoms with Gasteiger partial charge in [0.1, 0.15) is 5.75 Å². The monoisotopic (exact) mass is 353 g/mol. The second-order valence-corrected chi connectivity index (χ2v) is 7.60. The second kappa shape index (κ2) is 6.61. The molecule has 0 bridgehead atoms. The van der Waals surface area contributed by atoms with E-state index < -0.39 is 20.8 Å². The van der Waals surface area contributed by atoms with E-state index in [1.807, 2.05) is 0 Å². The van der Waals surface area contributed by atoms with Crippen LogP contribution in [0.3, 0.4) is 0 Å². The zero-order chi connectivity index (χ0) is 17.2. The van der Waals surface area contributed by atoms with Crippen LogP contribution in [-0.4, -0.2) is 31.8 Å². The maximum Gasteiger partial charge on any atom is 0.239 e. The number of carbonyl (C=O) groups is 1. The number of primary sulfonamides is 1. The summed E-state index contributed by atoms with van der Waals surface area (Å²) in [7, 11) is -4.12. The Kier molecular flexibility index (Phi) is 4.98. The zero-order valence-electron chi connectivity index (χ0n) is 12.5. The van der Waals surface area contributed by atoms with Crippen molar-refractivity contribution in [2.24, 2.45) is 5.14 Å². The molecule has 2 N–H and O–H groups in total. The fourth-order valence-electron chi connectivity index (χ4n) is 2.02. The van der Waals surface area contributed by atoms with Crippen LogP contribution in [0.25, 0.3) is 0 Å². The first-order chi connectivity index (χ1) is 10.7. The number of carbonyl (C=O) groups excluding carboxylic acids is 1. The summed E-state index contributed by atoms with van der Waals surface area (Å²) in [5, 5.41) is 5.15. The molecule has 23 heavy (non-hydrogen) atoms. The Morgan fingerprint density at radius 1 is 1.09 bits per heavy atom. The summed E-state index contributed by atoms with van der Waals surface area (Å²) >= 11 is 0. The van der Waals surface area contributed by atoms with Gasteiger partial charge in [-0.1, -0.05) is 0 Å². The maximum absolute atomic E-state index is 12.5. The molecule has 0 aliphatic heterocycles. The van der Waals surface area contributed by atoms with E-state index in [9.17, 15) is 17.4 Å². The van der Waals surface area contributed by atoms with E-state index in [0.29, 0.717) is 11.3 Å². The molecule has 0 fully saturated rings. The number of hydrogen-bond acceptors (Lipinski definition) is 5. The Morgan fingerprint density at radius 2 is 1.65 bits per heavy atom. The Bertz CT molecular complexity index is 873. The number of benzene rings is 2. The predicted molar refractivity (Wildman–Crippen MR) is 86.6 cm³/mol. The van der Waals surface area contributed by atoms with Gasteiger partial charge in [0.2, 0.25) is 10.0 Å². The molecular formula is C15H15NO5S2. The summed E-state index contributed by atoms with van der Waals surface area (Å²) in [4.78, 5) is 12.2. The van der Waals surface area contributed by atoms with Gasteiger partial charge in [0.05, 0.1) is 27.7 Å². The van der Waals surface area contributed by atoms with Crippen LogP contribution < -0.4 is 9.88 Å². The smallest absolute Gasteiger partial charge is 0.239 e. The Labute approximate surface area is 136 Å². The van der Waals surface area contributed by atoms with Gasteiger partial charge in [-0.2, -0.15) is 0 Å². The van der Waals surface area contributed by atoms with Gasteiger partial charge in [-0.15, -0.1) is 0 Å². The summed E-state index contributed by atoms with van der Waals surface area (Å²) in [5.74, 6) is 0.231. The van der Waals surface area contributed by atoms with E-state index in [1.165, 1.54) is 25.5 Å². The number of sulfonamides is 1. The first-order valence-electron chi connectivity index (χ1n) is 6.43. The predicted octanol–water partition coefficient (Wildman–Crippen LogP) is 1.31. The Hall–Kier alpha value is -2.03. The quantitative estimate of drug-likeness (QED) is 0.816. The first kappa shape index (κ1) is 17.3. The molecule has 0 radical (unpaired) electrons. The molecule has 6 nitrogen and oxygen atoms in total. The molecule has 2 aromatic carbocycles. The average molecular weight is 353 g/mol. The number of methoxy groups -OCH3 is 1. The molecule has 2 aromatic rings. The van der Waals surface area contributed by atoms with Crippen LogP contribution in [-0.2, 0) is 20.8 Å². The van der Waals surface area contributed by atoms with Crippen molar-refractivity contribution in [2.75, 3.05) is 13.4 Å². The number of rotatable bonds is 5. The van der Waals surface area contributed by atoms with Crippen LogP contribution >= 0.6 is 0 Å². The SMILES string of the molecule is COc1ccc(C(=O)c2ccc(S(C)=O)c(S(N)(=O)=O)c2)cc1. The molecule has 0 heterocycles. The highest BCUT2D eigenvalue weighted by Gasteiger charge is 2.20. The Morgan fingerprint density at radius 3 is 2.13 bits per heavy atom. The van der Waals surface area contributed by atoms with Crippen molar-refractivity contribution in [1.29, 1.82) is 0 Å². The minimum Gasteiger partial charge on any atom is -0.497 e. The largest absolute Gasteiger partial charge is 0.497 e. The fourth-order valence-corrected chi connectivity index (χ4v) is 3.96. The van der Waals surface area contributed by atoms with Crippen molar-refractivity contribution in [3.8, 4) is 5.75 Å². The van der Waals surface area contributed by atoms with Gasteiger partial charge in [0.25, 0.3) is 0 Å². The van der Waals surface area contributed by atoms with Crippen LogP contribution in [0.5, 0.6) is 5.75 Å². The summed E-state index contributed by atoms with van der Waals surface area (Å²) in [6.45, 7) is 0. The topological polar surface area (TPSA) is 104 Å². The third-order valence-electron chi connectivity index (χ3n) is 3.17. The van der Waals surface area contributed by atoms with E-state index in [1.54, 1.807) is 24.3 Å².